The third kappa shape index (κ3) is 4.98. The first-order valence-corrected chi connectivity index (χ1v) is 9.99. The summed E-state index contributed by atoms with van der Waals surface area (Å²) in [7, 11) is 1.62. The van der Waals surface area contributed by atoms with Gasteiger partial charge in [-0.05, 0) is 24.5 Å². The molecule has 154 valence electrons. The molecule has 29 heavy (non-hydrogen) atoms. The molecule has 1 amide bonds. The molecule has 0 spiro atoms. The monoisotopic (exact) mass is 422 g/mol. The van der Waals surface area contributed by atoms with Gasteiger partial charge in [-0.2, -0.15) is 5.10 Å². The van der Waals surface area contributed by atoms with Crippen LogP contribution >= 0.6 is 11.8 Å². The first kappa shape index (κ1) is 20.9. The van der Waals surface area contributed by atoms with Crippen LogP contribution in [0.3, 0.4) is 0 Å². The Hall–Kier alpha value is -2.79. The van der Waals surface area contributed by atoms with Crippen LogP contribution in [0, 0.1) is 11.6 Å². The number of ether oxygens (including phenoxy) is 1. The maximum Gasteiger partial charge on any atom is 0.251 e. The van der Waals surface area contributed by atoms with Crippen LogP contribution in [0.1, 0.15) is 10.4 Å². The summed E-state index contributed by atoms with van der Waals surface area (Å²) in [6.07, 6.45) is 3.54. The minimum Gasteiger partial charge on any atom is -0.383 e. The van der Waals surface area contributed by atoms with Crippen LogP contribution in [-0.2, 0) is 11.3 Å². The molecule has 0 aliphatic heterocycles. The van der Waals surface area contributed by atoms with Crippen molar-refractivity contribution in [2.45, 2.75) is 11.7 Å². The fourth-order valence-electron chi connectivity index (χ4n) is 2.61. The third-order valence-corrected chi connectivity index (χ3v) is 4.60. The number of fused-ring (bicyclic) bond motifs is 1. The molecule has 0 saturated carbocycles. The molecule has 3 aromatic rings. The SMILES string of the molecule is COCCNc1nc(SC)nc2c1cnn2CCNC(=O)c1ccc(F)c(F)c1. The second-order valence-corrected chi connectivity index (χ2v) is 6.74. The van der Waals surface area contributed by atoms with Crippen LogP contribution in [0.2, 0.25) is 0 Å². The van der Waals surface area contributed by atoms with Crippen LogP contribution in [0.25, 0.3) is 11.0 Å². The van der Waals surface area contributed by atoms with Crippen molar-refractivity contribution in [2.24, 2.45) is 0 Å². The van der Waals surface area contributed by atoms with Crippen LogP contribution in [0.15, 0.2) is 29.6 Å². The van der Waals surface area contributed by atoms with Crippen molar-refractivity contribution >= 4 is 34.5 Å². The van der Waals surface area contributed by atoms with Gasteiger partial charge in [0.15, 0.2) is 22.4 Å². The summed E-state index contributed by atoms with van der Waals surface area (Å²) >= 11 is 1.41. The zero-order valence-corrected chi connectivity index (χ0v) is 16.7. The van der Waals surface area contributed by atoms with Gasteiger partial charge < -0.3 is 15.4 Å². The number of carbonyl (C=O) groups is 1. The molecule has 0 atom stereocenters. The topological polar surface area (TPSA) is 94.0 Å². The first-order valence-electron chi connectivity index (χ1n) is 8.77. The largest absolute Gasteiger partial charge is 0.383 e. The fourth-order valence-corrected chi connectivity index (χ4v) is 2.97. The summed E-state index contributed by atoms with van der Waals surface area (Å²) in [5.41, 5.74) is 0.678. The second-order valence-electron chi connectivity index (χ2n) is 5.97. The number of anilines is 1. The Labute approximate surface area is 170 Å². The average molecular weight is 422 g/mol. The smallest absolute Gasteiger partial charge is 0.251 e. The Balaban J connectivity index is 1.70. The summed E-state index contributed by atoms with van der Waals surface area (Å²) in [6.45, 7) is 1.71. The number of hydrogen-bond acceptors (Lipinski definition) is 7. The molecular formula is C18H20F2N6O2S. The zero-order chi connectivity index (χ0) is 20.8. The molecule has 2 N–H and O–H groups in total. The van der Waals surface area contributed by atoms with Crippen molar-refractivity contribution in [2.75, 3.05) is 38.4 Å². The highest BCUT2D eigenvalue weighted by Crippen LogP contribution is 2.23. The third-order valence-electron chi connectivity index (χ3n) is 4.05. The summed E-state index contributed by atoms with van der Waals surface area (Å²) in [6, 6.07) is 3.02. The normalized spacial score (nSPS) is 11.0. The lowest BCUT2D eigenvalue weighted by atomic mass is 10.2. The van der Waals surface area contributed by atoms with Gasteiger partial charge in [0.1, 0.15) is 5.82 Å². The number of thioether (sulfide) groups is 1. The van der Waals surface area contributed by atoms with E-state index in [-0.39, 0.29) is 12.1 Å². The van der Waals surface area contributed by atoms with Gasteiger partial charge in [-0.3, -0.25) is 4.79 Å². The van der Waals surface area contributed by atoms with Crippen LogP contribution < -0.4 is 10.6 Å². The molecule has 0 aliphatic rings. The van der Waals surface area contributed by atoms with Crippen molar-refractivity contribution in [3.63, 3.8) is 0 Å². The van der Waals surface area contributed by atoms with Crippen molar-refractivity contribution in [3.05, 3.63) is 41.6 Å². The van der Waals surface area contributed by atoms with E-state index in [4.69, 9.17) is 4.74 Å². The molecule has 8 nitrogen and oxygen atoms in total. The highest BCUT2D eigenvalue weighted by atomic mass is 32.2. The second kappa shape index (κ2) is 9.61. The fraction of sp³-hybridized carbons (Fsp3) is 0.333. The van der Waals surface area contributed by atoms with E-state index in [1.54, 1.807) is 18.0 Å². The zero-order valence-electron chi connectivity index (χ0n) is 15.9. The lowest BCUT2D eigenvalue weighted by molar-refractivity contribution is 0.0951. The minimum atomic E-state index is -1.06. The van der Waals surface area contributed by atoms with Crippen LogP contribution in [-0.4, -0.2) is 58.7 Å². The summed E-state index contributed by atoms with van der Waals surface area (Å²) in [5.74, 6) is -1.90. The molecular weight excluding hydrogens is 402 g/mol. The predicted molar refractivity (Wildman–Crippen MR) is 106 cm³/mol. The van der Waals surface area contributed by atoms with Gasteiger partial charge in [0.25, 0.3) is 5.91 Å². The number of nitrogens with zero attached hydrogens (tertiary/aromatic N) is 4. The first-order chi connectivity index (χ1) is 14.0. The van der Waals surface area contributed by atoms with Gasteiger partial charge in [0.05, 0.1) is 24.7 Å². The molecule has 2 heterocycles. The molecule has 0 fully saturated rings. The van der Waals surface area contributed by atoms with Gasteiger partial charge in [-0.25, -0.2) is 23.4 Å². The molecule has 11 heteroatoms. The molecule has 0 unspecified atom stereocenters. The summed E-state index contributed by atoms with van der Waals surface area (Å²) < 4.78 is 33.0. The van der Waals surface area contributed by atoms with Crippen molar-refractivity contribution in [1.29, 1.82) is 0 Å². The summed E-state index contributed by atoms with van der Waals surface area (Å²) in [5, 5.41) is 11.5. The highest BCUT2D eigenvalue weighted by molar-refractivity contribution is 7.98. The highest BCUT2D eigenvalue weighted by Gasteiger charge is 2.14. The van der Waals surface area contributed by atoms with E-state index in [0.717, 1.165) is 17.5 Å². The number of halogens is 2. The number of rotatable bonds is 9. The molecule has 0 radical (unpaired) electrons. The standard InChI is InChI=1S/C18H20F2N6O2S/c1-28-8-6-21-15-12-10-23-26(16(12)25-18(24-15)29-2)7-5-22-17(27)11-3-4-13(19)14(20)9-11/h3-4,9-10H,5-8H2,1-2H3,(H,22,27)(H,21,24,25). The number of hydrogen-bond donors (Lipinski definition) is 2. The van der Waals surface area contributed by atoms with E-state index in [1.165, 1.54) is 17.8 Å². The van der Waals surface area contributed by atoms with E-state index in [0.29, 0.717) is 36.3 Å². The van der Waals surface area contributed by atoms with E-state index in [1.807, 2.05) is 6.26 Å². The van der Waals surface area contributed by atoms with Crippen molar-refractivity contribution in [1.82, 2.24) is 25.1 Å². The van der Waals surface area contributed by atoms with Gasteiger partial charge in [0, 0.05) is 25.8 Å². The number of nitrogens with one attached hydrogen (secondary N) is 2. The number of benzene rings is 1. The summed E-state index contributed by atoms with van der Waals surface area (Å²) in [4.78, 5) is 21.1. The quantitative estimate of drug-likeness (QED) is 0.310. The average Bonchev–Trinajstić information content (AvgIpc) is 3.13. The van der Waals surface area contributed by atoms with E-state index < -0.39 is 17.5 Å². The van der Waals surface area contributed by atoms with Crippen molar-refractivity contribution in [3.8, 4) is 0 Å². The molecule has 1 aromatic carbocycles. The van der Waals surface area contributed by atoms with Crippen LogP contribution in [0.5, 0.6) is 0 Å². The molecule has 0 aliphatic carbocycles. The van der Waals surface area contributed by atoms with Crippen molar-refractivity contribution < 1.29 is 18.3 Å². The number of aromatic nitrogens is 4. The van der Waals surface area contributed by atoms with Gasteiger partial charge in [-0.1, -0.05) is 11.8 Å². The van der Waals surface area contributed by atoms with Gasteiger partial charge in [0.2, 0.25) is 0 Å². The Morgan fingerprint density at radius 3 is 2.79 bits per heavy atom. The Morgan fingerprint density at radius 2 is 2.07 bits per heavy atom. The number of methoxy groups -OCH3 is 1. The Morgan fingerprint density at radius 1 is 1.24 bits per heavy atom. The van der Waals surface area contributed by atoms with E-state index in [2.05, 4.69) is 25.7 Å². The molecule has 2 aromatic heterocycles. The lowest BCUT2D eigenvalue weighted by Gasteiger charge is -2.09. The molecule has 3 rings (SSSR count). The van der Waals surface area contributed by atoms with Gasteiger partial charge in [-0.15, -0.1) is 0 Å². The van der Waals surface area contributed by atoms with E-state index in [9.17, 15) is 13.6 Å². The lowest BCUT2D eigenvalue weighted by Crippen LogP contribution is -2.27. The maximum absolute atomic E-state index is 13.3. The Kier molecular flexibility index (Phi) is 6.94. The predicted octanol–water partition coefficient (Wildman–Crippen LogP) is 2.31. The van der Waals surface area contributed by atoms with Gasteiger partial charge >= 0.3 is 0 Å². The maximum atomic E-state index is 13.3. The molecule has 0 saturated heterocycles. The number of amides is 1. The Bertz CT molecular complexity index is 1010. The van der Waals surface area contributed by atoms with Crippen LogP contribution in [0.4, 0.5) is 14.6 Å². The molecule has 0 bridgehead atoms. The van der Waals surface area contributed by atoms with E-state index >= 15 is 0 Å². The minimum absolute atomic E-state index is 0.0471. The number of carbonyl (C=O) groups excluding carboxylic acids is 1.